The van der Waals surface area contributed by atoms with E-state index in [1.807, 2.05) is 0 Å². The van der Waals surface area contributed by atoms with Gasteiger partial charge in [-0.2, -0.15) is 31.4 Å². The molecule has 2 unspecified atom stereocenters. The summed E-state index contributed by atoms with van der Waals surface area (Å²) in [6.07, 6.45) is -8.92. The van der Waals surface area contributed by atoms with Gasteiger partial charge in [0.2, 0.25) is 0 Å². The van der Waals surface area contributed by atoms with Gasteiger partial charge in [-0.1, -0.05) is 0 Å². The molecule has 1 aromatic heterocycles. The Morgan fingerprint density at radius 3 is 2.06 bits per heavy atom. The van der Waals surface area contributed by atoms with Crippen LogP contribution in [0.15, 0.2) is 12.3 Å². The normalized spacial score (nSPS) is 16.9. The van der Waals surface area contributed by atoms with Gasteiger partial charge in [-0.25, -0.2) is 0 Å². The molecular weight excluding hydrogens is 252 g/mol. The van der Waals surface area contributed by atoms with Gasteiger partial charge < -0.3 is 5.73 Å². The second-order valence-corrected chi connectivity index (χ2v) is 3.52. The summed E-state index contributed by atoms with van der Waals surface area (Å²) in [5.74, 6) is 0. The van der Waals surface area contributed by atoms with Crippen LogP contribution in [-0.2, 0) is 6.18 Å². The molecule has 0 fully saturated rings. The summed E-state index contributed by atoms with van der Waals surface area (Å²) in [5.41, 5.74) is 3.73. The SMILES string of the molecule is CC(N)C(n1ccc(C(F)(F)F)n1)C(F)(F)F. The van der Waals surface area contributed by atoms with Crippen molar-refractivity contribution in [2.24, 2.45) is 5.73 Å². The Kier molecular flexibility index (Phi) is 3.42. The van der Waals surface area contributed by atoms with E-state index in [4.69, 9.17) is 5.73 Å². The number of alkyl halides is 6. The molecule has 0 aliphatic carbocycles. The average molecular weight is 261 g/mol. The van der Waals surface area contributed by atoms with Crippen LogP contribution in [0.4, 0.5) is 26.3 Å². The molecule has 1 aromatic rings. The molecule has 1 heterocycles. The molecule has 9 heteroatoms. The number of nitrogens with two attached hydrogens (primary N) is 1. The van der Waals surface area contributed by atoms with Gasteiger partial charge in [-0.05, 0) is 13.0 Å². The Labute approximate surface area is 92.2 Å². The molecular formula is C8H9F6N3. The molecule has 2 atom stereocenters. The van der Waals surface area contributed by atoms with Crippen molar-refractivity contribution >= 4 is 0 Å². The van der Waals surface area contributed by atoms with Crippen molar-refractivity contribution in [2.75, 3.05) is 0 Å². The van der Waals surface area contributed by atoms with Gasteiger partial charge in [0, 0.05) is 12.2 Å². The highest BCUT2D eigenvalue weighted by Crippen LogP contribution is 2.34. The van der Waals surface area contributed by atoms with E-state index in [0.29, 0.717) is 12.3 Å². The lowest BCUT2D eigenvalue weighted by molar-refractivity contribution is -0.176. The van der Waals surface area contributed by atoms with Crippen LogP contribution in [0, 0.1) is 0 Å². The number of halogens is 6. The maximum atomic E-state index is 12.5. The Morgan fingerprint density at radius 2 is 1.76 bits per heavy atom. The van der Waals surface area contributed by atoms with E-state index in [1.165, 1.54) is 0 Å². The lowest BCUT2D eigenvalue weighted by Crippen LogP contribution is -2.40. The smallest absolute Gasteiger partial charge is 0.326 e. The first-order valence-corrected chi connectivity index (χ1v) is 4.48. The van der Waals surface area contributed by atoms with E-state index in [9.17, 15) is 26.3 Å². The van der Waals surface area contributed by atoms with Crippen LogP contribution < -0.4 is 5.73 Å². The van der Waals surface area contributed by atoms with Gasteiger partial charge in [0.05, 0.1) is 0 Å². The fraction of sp³-hybridized carbons (Fsp3) is 0.625. The third-order valence-corrected chi connectivity index (χ3v) is 2.02. The van der Waals surface area contributed by atoms with Crippen molar-refractivity contribution in [2.45, 2.75) is 31.4 Å². The second-order valence-electron chi connectivity index (χ2n) is 3.52. The van der Waals surface area contributed by atoms with E-state index in [2.05, 4.69) is 5.10 Å². The van der Waals surface area contributed by atoms with Crippen molar-refractivity contribution in [3.63, 3.8) is 0 Å². The predicted molar refractivity (Wildman–Crippen MR) is 46.0 cm³/mol. The van der Waals surface area contributed by atoms with Crippen LogP contribution in [0.5, 0.6) is 0 Å². The number of aromatic nitrogens is 2. The average Bonchev–Trinajstić information content (AvgIpc) is 2.47. The van der Waals surface area contributed by atoms with Crippen LogP contribution >= 0.6 is 0 Å². The maximum absolute atomic E-state index is 12.5. The number of rotatable bonds is 2. The molecule has 0 saturated heterocycles. The Balaban J connectivity index is 3.10. The highest BCUT2D eigenvalue weighted by molar-refractivity contribution is 5.05. The monoisotopic (exact) mass is 261 g/mol. The molecule has 0 bridgehead atoms. The van der Waals surface area contributed by atoms with Crippen LogP contribution in [0.1, 0.15) is 18.7 Å². The van der Waals surface area contributed by atoms with Crippen LogP contribution in [0.3, 0.4) is 0 Å². The molecule has 0 saturated carbocycles. The standard InChI is InChI=1S/C8H9F6N3/c1-4(15)6(8(12,13)14)17-3-2-5(16-17)7(9,10)11/h2-4,6H,15H2,1H3. The van der Waals surface area contributed by atoms with E-state index in [0.717, 1.165) is 6.92 Å². The zero-order valence-corrected chi connectivity index (χ0v) is 8.55. The first-order valence-electron chi connectivity index (χ1n) is 4.48. The molecule has 0 amide bonds. The van der Waals surface area contributed by atoms with Crippen molar-refractivity contribution in [3.8, 4) is 0 Å². The lowest BCUT2D eigenvalue weighted by atomic mass is 10.1. The van der Waals surface area contributed by atoms with E-state index in [-0.39, 0.29) is 4.68 Å². The maximum Gasteiger partial charge on any atom is 0.435 e. The van der Waals surface area contributed by atoms with E-state index in [1.54, 1.807) is 0 Å². The molecule has 1 rings (SSSR count). The summed E-state index contributed by atoms with van der Waals surface area (Å²) in [6.45, 7) is 1.05. The highest BCUT2D eigenvalue weighted by Gasteiger charge is 2.45. The second kappa shape index (κ2) is 4.21. The van der Waals surface area contributed by atoms with Crippen molar-refractivity contribution < 1.29 is 26.3 Å². The molecule has 98 valence electrons. The first-order chi connectivity index (χ1) is 7.53. The minimum Gasteiger partial charge on any atom is -0.326 e. The summed E-state index contributed by atoms with van der Waals surface area (Å²) in [7, 11) is 0. The third kappa shape index (κ3) is 3.11. The van der Waals surface area contributed by atoms with Gasteiger partial charge in [-0.15, -0.1) is 0 Å². The minimum atomic E-state index is -4.78. The molecule has 0 radical (unpaired) electrons. The molecule has 0 aliphatic rings. The van der Waals surface area contributed by atoms with E-state index >= 15 is 0 Å². The topological polar surface area (TPSA) is 43.8 Å². The largest absolute Gasteiger partial charge is 0.435 e. The first kappa shape index (κ1) is 13.8. The van der Waals surface area contributed by atoms with Crippen molar-refractivity contribution in [1.82, 2.24) is 9.78 Å². The van der Waals surface area contributed by atoms with Crippen LogP contribution in [0.2, 0.25) is 0 Å². The Bertz CT molecular complexity index is 377. The van der Waals surface area contributed by atoms with Gasteiger partial charge in [0.25, 0.3) is 0 Å². The molecule has 0 spiro atoms. The van der Waals surface area contributed by atoms with Crippen molar-refractivity contribution in [1.29, 1.82) is 0 Å². The number of hydrogen-bond donors (Lipinski definition) is 1. The quantitative estimate of drug-likeness (QED) is 0.830. The summed E-state index contributed by atoms with van der Waals surface area (Å²) in [6, 6.07) is -3.21. The van der Waals surface area contributed by atoms with Crippen LogP contribution in [-0.4, -0.2) is 22.0 Å². The Morgan fingerprint density at radius 1 is 1.24 bits per heavy atom. The molecule has 3 nitrogen and oxygen atoms in total. The Hall–Kier alpha value is -1.25. The van der Waals surface area contributed by atoms with Crippen molar-refractivity contribution in [3.05, 3.63) is 18.0 Å². The summed E-state index contributed by atoms with van der Waals surface area (Å²) in [5, 5.41) is 2.86. The fourth-order valence-electron chi connectivity index (χ4n) is 1.33. The van der Waals surface area contributed by atoms with E-state index < -0.39 is 30.1 Å². The zero-order chi connectivity index (χ0) is 13.4. The number of nitrogens with zero attached hydrogens (tertiary/aromatic N) is 2. The number of hydrogen-bond acceptors (Lipinski definition) is 2. The minimum absolute atomic E-state index is 0.188. The summed E-state index contributed by atoms with van der Waals surface area (Å²) in [4.78, 5) is 0. The molecule has 0 aliphatic heterocycles. The zero-order valence-electron chi connectivity index (χ0n) is 8.55. The lowest BCUT2D eigenvalue weighted by Gasteiger charge is -2.23. The fourth-order valence-corrected chi connectivity index (χ4v) is 1.33. The molecule has 2 N–H and O–H groups in total. The third-order valence-electron chi connectivity index (χ3n) is 2.02. The highest BCUT2D eigenvalue weighted by atomic mass is 19.4. The summed E-state index contributed by atoms with van der Waals surface area (Å²) >= 11 is 0. The van der Waals surface area contributed by atoms with Gasteiger partial charge in [0.1, 0.15) is 0 Å². The summed E-state index contributed by atoms with van der Waals surface area (Å²) < 4.78 is 74.3. The van der Waals surface area contributed by atoms with Gasteiger partial charge >= 0.3 is 12.4 Å². The molecule has 0 aromatic carbocycles. The predicted octanol–water partition coefficient (Wildman–Crippen LogP) is 2.35. The van der Waals surface area contributed by atoms with Gasteiger partial charge in [0.15, 0.2) is 11.7 Å². The van der Waals surface area contributed by atoms with Gasteiger partial charge in [-0.3, -0.25) is 4.68 Å². The van der Waals surface area contributed by atoms with Crippen LogP contribution in [0.25, 0.3) is 0 Å². The molecule has 17 heavy (non-hydrogen) atoms.